The lowest BCUT2D eigenvalue weighted by molar-refractivity contribution is 0.262. The molecule has 2 amide bonds. The van der Waals surface area contributed by atoms with Crippen LogP contribution in [-0.4, -0.2) is 18.1 Å². The fourth-order valence-electron chi connectivity index (χ4n) is 2.19. The Balaban J connectivity index is 1.50. The molecule has 3 aromatic rings. The van der Waals surface area contributed by atoms with E-state index < -0.39 is 0 Å². The third-order valence-electron chi connectivity index (χ3n) is 3.48. The van der Waals surface area contributed by atoms with Crippen molar-refractivity contribution in [2.24, 2.45) is 0 Å². The van der Waals surface area contributed by atoms with E-state index in [2.05, 4.69) is 20.9 Å². The van der Waals surface area contributed by atoms with Gasteiger partial charge in [0.1, 0.15) is 5.75 Å². The number of hydrogen-bond acceptors (Lipinski definition) is 5. The number of urea groups is 1. The zero-order valence-corrected chi connectivity index (χ0v) is 15.5. The summed E-state index contributed by atoms with van der Waals surface area (Å²) in [5.74, 6) is 0.736. The van der Waals surface area contributed by atoms with E-state index in [1.54, 1.807) is 37.6 Å². The molecule has 2 aromatic carbocycles. The van der Waals surface area contributed by atoms with Gasteiger partial charge in [0, 0.05) is 28.1 Å². The van der Waals surface area contributed by atoms with E-state index in [0.717, 1.165) is 16.3 Å². The predicted molar refractivity (Wildman–Crippen MR) is 107 cm³/mol. The van der Waals surface area contributed by atoms with Crippen molar-refractivity contribution in [3.63, 3.8) is 0 Å². The summed E-state index contributed by atoms with van der Waals surface area (Å²) in [6, 6.07) is 14.3. The summed E-state index contributed by atoms with van der Waals surface area (Å²) in [4.78, 5) is 17.1. The standard InChI is InChI=1S/C18H17ClN4O2S/c1-25-15-8-6-14(7-9-15)23-18(24)22-13-4-2-12(3-5-13)20-10-16-11-21-17(19)26-16/h2-9,11,20H,10H2,1H3,(H2,22,23,24). The van der Waals surface area contributed by atoms with Crippen LogP contribution in [0, 0.1) is 0 Å². The molecule has 0 aliphatic carbocycles. The maximum atomic E-state index is 12.0. The van der Waals surface area contributed by atoms with Crippen LogP contribution in [0.2, 0.25) is 4.47 Å². The van der Waals surface area contributed by atoms with Crippen LogP contribution in [-0.2, 0) is 6.54 Å². The predicted octanol–water partition coefficient (Wildman–Crippen LogP) is 5.06. The molecule has 134 valence electrons. The second-order valence-corrected chi connectivity index (χ2v) is 7.02. The number of nitrogens with one attached hydrogen (secondary N) is 3. The van der Waals surface area contributed by atoms with Gasteiger partial charge in [-0.1, -0.05) is 11.6 Å². The van der Waals surface area contributed by atoms with Crippen LogP contribution in [0.5, 0.6) is 5.75 Å². The Morgan fingerprint density at radius 1 is 1.04 bits per heavy atom. The molecule has 3 rings (SSSR count). The first-order valence-corrected chi connectivity index (χ1v) is 8.98. The van der Waals surface area contributed by atoms with Gasteiger partial charge in [-0.2, -0.15) is 0 Å². The van der Waals surface area contributed by atoms with Crippen molar-refractivity contribution >= 4 is 46.0 Å². The quantitative estimate of drug-likeness (QED) is 0.551. The summed E-state index contributed by atoms with van der Waals surface area (Å²) in [6.45, 7) is 0.648. The molecule has 0 bridgehead atoms. The molecular formula is C18H17ClN4O2S. The Morgan fingerprint density at radius 3 is 2.15 bits per heavy atom. The zero-order valence-electron chi connectivity index (χ0n) is 14.0. The number of benzene rings is 2. The largest absolute Gasteiger partial charge is 0.497 e. The minimum Gasteiger partial charge on any atom is -0.497 e. The highest BCUT2D eigenvalue weighted by Crippen LogP contribution is 2.20. The van der Waals surface area contributed by atoms with E-state index in [-0.39, 0.29) is 6.03 Å². The number of methoxy groups -OCH3 is 1. The van der Waals surface area contributed by atoms with Gasteiger partial charge < -0.3 is 20.7 Å². The van der Waals surface area contributed by atoms with Crippen LogP contribution in [0.3, 0.4) is 0 Å². The summed E-state index contributed by atoms with van der Waals surface area (Å²) in [7, 11) is 1.60. The number of aromatic nitrogens is 1. The van der Waals surface area contributed by atoms with Crippen molar-refractivity contribution in [2.45, 2.75) is 6.54 Å². The summed E-state index contributed by atoms with van der Waals surface area (Å²) in [5.41, 5.74) is 2.32. The van der Waals surface area contributed by atoms with E-state index in [1.807, 2.05) is 24.3 Å². The van der Waals surface area contributed by atoms with E-state index in [9.17, 15) is 4.79 Å². The number of halogens is 1. The van der Waals surface area contributed by atoms with E-state index in [4.69, 9.17) is 16.3 Å². The highest BCUT2D eigenvalue weighted by molar-refractivity contribution is 7.15. The molecule has 0 radical (unpaired) electrons. The number of ether oxygens (including phenoxy) is 1. The monoisotopic (exact) mass is 388 g/mol. The molecule has 1 aromatic heterocycles. The lowest BCUT2D eigenvalue weighted by Gasteiger charge is -2.09. The maximum absolute atomic E-state index is 12.0. The van der Waals surface area contributed by atoms with E-state index in [0.29, 0.717) is 22.4 Å². The van der Waals surface area contributed by atoms with Gasteiger partial charge in [-0.15, -0.1) is 11.3 Å². The fraction of sp³-hybridized carbons (Fsp3) is 0.111. The van der Waals surface area contributed by atoms with Crippen LogP contribution < -0.4 is 20.7 Å². The molecule has 1 heterocycles. The van der Waals surface area contributed by atoms with Crippen LogP contribution in [0.4, 0.5) is 21.9 Å². The van der Waals surface area contributed by atoms with Crippen LogP contribution in [0.1, 0.15) is 4.88 Å². The number of thiazole rings is 1. The Bertz CT molecular complexity index is 866. The first-order valence-electron chi connectivity index (χ1n) is 7.78. The Morgan fingerprint density at radius 2 is 1.62 bits per heavy atom. The van der Waals surface area contributed by atoms with Crippen molar-refractivity contribution in [1.29, 1.82) is 0 Å². The van der Waals surface area contributed by atoms with E-state index >= 15 is 0 Å². The molecule has 0 spiro atoms. The normalized spacial score (nSPS) is 10.2. The van der Waals surface area contributed by atoms with Gasteiger partial charge in [-0.25, -0.2) is 9.78 Å². The number of hydrogen-bond donors (Lipinski definition) is 3. The number of carbonyl (C=O) groups is 1. The van der Waals surface area contributed by atoms with Gasteiger partial charge in [0.2, 0.25) is 0 Å². The molecule has 0 unspecified atom stereocenters. The van der Waals surface area contributed by atoms with Gasteiger partial charge in [0.25, 0.3) is 0 Å². The van der Waals surface area contributed by atoms with Gasteiger partial charge in [0.15, 0.2) is 4.47 Å². The lowest BCUT2D eigenvalue weighted by Crippen LogP contribution is -2.19. The van der Waals surface area contributed by atoms with Crippen LogP contribution in [0.25, 0.3) is 0 Å². The number of anilines is 3. The number of carbonyl (C=O) groups excluding carboxylic acids is 1. The SMILES string of the molecule is COc1ccc(NC(=O)Nc2ccc(NCc3cnc(Cl)s3)cc2)cc1. The summed E-state index contributed by atoms with van der Waals surface area (Å²) >= 11 is 7.25. The summed E-state index contributed by atoms with van der Waals surface area (Å²) < 4.78 is 5.62. The summed E-state index contributed by atoms with van der Waals surface area (Å²) in [5, 5.41) is 8.83. The van der Waals surface area contributed by atoms with Crippen molar-refractivity contribution in [1.82, 2.24) is 4.98 Å². The van der Waals surface area contributed by atoms with Crippen LogP contribution in [0.15, 0.2) is 54.7 Å². The zero-order chi connectivity index (χ0) is 18.4. The third-order valence-corrected chi connectivity index (χ3v) is 4.60. The smallest absolute Gasteiger partial charge is 0.323 e. The number of amides is 2. The van der Waals surface area contributed by atoms with Gasteiger partial charge in [-0.3, -0.25) is 0 Å². The molecule has 8 heteroatoms. The molecule has 0 aliphatic heterocycles. The molecule has 26 heavy (non-hydrogen) atoms. The first kappa shape index (κ1) is 18.0. The van der Waals surface area contributed by atoms with Gasteiger partial charge in [-0.05, 0) is 48.5 Å². The fourth-order valence-corrected chi connectivity index (χ4v) is 3.11. The highest BCUT2D eigenvalue weighted by atomic mass is 35.5. The van der Waals surface area contributed by atoms with Gasteiger partial charge >= 0.3 is 6.03 Å². The highest BCUT2D eigenvalue weighted by Gasteiger charge is 2.04. The first-order chi connectivity index (χ1) is 12.6. The molecule has 0 fully saturated rings. The number of rotatable bonds is 6. The van der Waals surface area contributed by atoms with E-state index in [1.165, 1.54) is 11.3 Å². The molecule has 0 saturated heterocycles. The topological polar surface area (TPSA) is 75.3 Å². The van der Waals surface area contributed by atoms with Crippen LogP contribution >= 0.6 is 22.9 Å². The second-order valence-electron chi connectivity index (χ2n) is 5.32. The third kappa shape index (κ3) is 5.11. The molecule has 0 aliphatic rings. The molecule has 6 nitrogen and oxygen atoms in total. The minimum absolute atomic E-state index is 0.310. The Labute approximate surface area is 160 Å². The van der Waals surface area contributed by atoms with Crippen molar-refractivity contribution in [3.05, 3.63) is 64.1 Å². The Kier molecular flexibility index (Phi) is 5.93. The maximum Gasteiger partial charge on any atom is 0.323 e. The average molecular weight is 389 g/mol. The van der Waals surface area contributed by atoms with Gasteiger partial charge in [0.05, 0.1) is 13.7 Å². The Hall–Kier alpha value is -2.77. The average Bonchev–Trinajstić information content (AvgIpc) is 3.07. The minimum atomic E-state index is -0.310. The molecule has 0 saturated carbocycles. The molecule has 3 N–H and O–H groups in total. The van der Waals surface area contributed by atoms with Crippen molar-refractivity contribution in [2.75, 3.05) is 23.1 Å². The lowest BCUT2D eigenvalue weighted by atomic mass is 10.2. The number of nitrogens with zero attached hydrogens (tertiary/aromatic N) is 1. The second kappa shape index (κ2) is 8.55. The molecule has 0 atom stereocenters. The van der Waals surface area contributed by atoms with Crippen molar-refractivity contribution < 1.29 is 9.53 Å². The molecular weight excluding hydrogens is 372 g/mol. The summed E-state index contributed by atoms with van der Waals surface area (Å²) in [6.07, 6.45) is 1.75. The van der Waals surface area contributed by atoms with Crippen molar-refractivity contribution in [3.8, 4) is 5.75 Å².